The molecule has 0 saturated carbocycles. The summed E-state index contributed by atoms with van der Waals surface area (Å²) in [5.41, 5.74) is 3.26. The standard InChI is InChI=1S/C23H27N3O/c1-4-23(2,3)17-11-13-18(14-12-17)27-22-21(26-15-7-8-16-26)24-19-9-5-6-10-20(19)25-22/h5-6,9-14H,4,7-8,15-16H2,1-3H3. The van der Waals surface area contributed by atoms with Gasteiger partial charge in [0.1, 0.15) is 5.75 Å². The third-order valence-corrected chi connectivity index (χ3v) is 5.66. The molecule has 1 saturated heterocycles. The van der Waals surface area contributed by atoms with Crippen LogP contribution in [-0.4, -0.2) is 23.1 Å². The van der Waals surface area contributed by atoms with Gasteiger partial charge < -0.3 is 9.64 Å². The van der Waals surface area contributed by atoms with Crippen molar-refractivity contribution in [2.24, 2.45) is 0 Å². The second kappa shape index (κ2) is 7.18. The summed E-state index contributed by atoms with van der Waals surface area (Å²) >= 11 is 0. The highest BCUT2D eigenvalue weighted by atomic mass is 16.5. The molecule has 1 aromatic heterocycles. The van der Waals surface area contributed by atoms with Crippen LogP contribution in [0.25, 0.3) is 11.0 Å². The molecule has 4 nitrogen and oxygen atoms in total. The van der Waals surface area contributed by atoms with Crippen molar-refractivity contribution in [2.45, 2.75) is 45.4 Å². The van der Waals surface area contributed by atoms with E-state index < -0.39 is 0 Å². The van der Waals surface area contributed by atoms with Crippen molar-refractivity contribution < 1.29 is 4.74 Å². The minimum absolute atomic E-state index is 0.169. The van der Waals surface area contributed by atoms with E-state index in [-0.39, 0.29) is 5.41 Å². The van der Waals surface area contributed by atoms with E-state index in [4.69, 9.17) is 14.7 Å². The highest BCUT2D eigenvalue weighted by Crippen LogP contribution is 2.34. The number of para-hydroxylation sites is 2. The Morgan fingerprint density at radius 3 is 2.19 bits per heavy atom. The first kappa shape index (κ1) is 17.8. The first-order valence-corrected chi connectivity index (χ1v) is 9.87. The molecule has 0 bridgehead atoms. The zero-order valence-corrected chi connectivity index (χ0v) is 16.4. The van der Waals surface area contributed by atoms with Gasteiger partial charge in [-0.25, -0.2) is 9.97 Å². The van der Waals surface area contributed by atoms with Gasteiger partial charge in [0, 0.05) is 13.1 Å². The molecular formula is C23H27N3O. The van der Waals surface area contributed by atoms with E-state index in [0.717, 1.165) is 42.1 Å². The predicted octanol–water partition coefficient (Wildman–Crippen LogP) is 5.71. The molecule has 1 aliphatic rings. The van der Waals surface area contributed by atoms with Crippen LogP contribution >= 0.6 is 0 Å². The van der Waals surface area contributed by atoms with Crippen LogP contribution in [0.1, 0.15) is 45.6 Å². The van der Waals surface area contributed by atoms with Crippen molar-refractivity contribution in [1.29, 1.82) is 0 Å². The Balaban J connectivity index is 1.69. The van der Waals surface area contributed by atoms with E-state index in [2.05, 4.69) is 37.8 Å². The van der Waals surface area contributed by atoms with E-state index in [1.807, 2.05) is 36.4 Å². The van der Waals surface area contributed by atoms with Crippen LogP contribution in [0.2, 0.25) is 0 Å². The van der Waals surface area contributed by atoms with Gasteiger partial charge >= 0.3 is 0 Å². The van der Waals surface area contributed by atoms with Crippen molar-refractivity contribution in [2.75, 3.05) is 18.0 Å². The second-order valence-corrected chi connectivity index (χ2v) is 7.90. The van der Waals surface area contributed by atoms with Crippen molar-refractivity contribution >= 4 is 16.9 Å². The molecule has 2 aromatic carbocycles. The maximum atomic E-state index is 6.22. The lowest BCUT2D eigenvalue weighted by atomic mass is 9.82. The fourth-order valence-electron chi connectivity index (χ4n) is 3.47. The second-order valence-electron chi connectivity index (χ2n) is 7.90. The molecule has 1 aliphatic heterocycles. The number of nitrogens with zero attached hydrogens (tertiary/aromatic N) is 3. The summed E-state index contributed by atoms with van der Waals surface area (Å²) in [4.78, 5) is 11.9. The van der Waals surface area contributed by atoms with Gasteiger partial charge in [-0.3, -0.25) is 0 Å². The molecule has 0 N–H and O–H groups in total. The van der Waals surface area contributed by atoms with Crippen LogP contribution in [0.15, 0.2) is 48.5 Å². The first-order valence-electron chi connectivity index (χ1n) is 9.87. The number of ether oxygens (including phenoxy) is 1. The van der Waals surface area contributed by atoms with Crippen molar-refractivity contribution in [3.05, 3.63) is 54.1 Å². The molecular weight excluding hydrogens is 334 g/mol. The van der Waals surface area contributed by atoms with Crippen LogP contribution in [0.4, 0.5) is 5.82 Å². The number of anilines is 1. The molecule has 1 fully saturated rings. The fourth-order valence-corrected chi connectivity index (χ4v) is 3.47. The van der Waals surface area contributed by atoms with Gasteiger partial charge in [0.25, 0.3) is 5.88 Å². The van der Waals surface area contributed by atoms with E-state index >= 15 is 0 Å². The molecule has 140 valence electrons. The zero-order chi connectivity index (χ0) is 18.9. The third kappa shape index (κ3) is 3.61. The Hall–Kier alpha value is -2.62. The van der Waals surface area contributed by atoms with Crippen LogP contribution in [0, 0.1) is 0 Å². The minimum atomic E-state index is 0.169. The summed E-state index contributed by atoms with van der Waals surface area (Å²) in [6.45, 7) is 8.77. The number of aromatic nitrogens is 2. The lowest BCUT2D eigenvalue weighted by molar-refractivity contribution is 0.460. The lowest BCUT2D eigenvalue weighted by Crippen LogP contribution is -2.20. The number of benzene rings is 2. The van der Waals surface area contributed by atoms with Gasteiger partial charge in [-0.1, -0.05) is 45.0 Å². The molecule has 0 aliphatic carbocycles. The Morgan fingerprint density at radius 1 is 0.926 bits per heavy atom. The summed E-state index contributed by atoms with van der Waals surface area (Å²) in [6, 6.07) is 16.4. The number of hydrogen-bond acceptors (Lipinski definition) is 4. The van der Waals surface area contributed by atoms with Crippen molar-refractivity contribution in [3.8, 4) is 11.6 Å². The molecule has 0 amide bonds. The van der Waals surface area contributed by atoms with Gasteiger partial charge in [0.2, 0.25) is 0 Å². The summed E-state index contributed by atoms with van der Waals surface area (Å²) < 4.78 is 6.22. The van der Waals surface area contributed by atoms with Crippen LogP contribution < -0.4 is 9.64 Å². The van der Waals surface area contributed by atoms with E-state index in [0.29, 0.717) is 5.88 Å². The van der Waals surface area contributed by atoms with Gasteiger partial charge in [-0.05, 0) is 54.5 Å². The average Bonchev–Trinajstić information content (AvgIpc) is 3.22. The largest absolute Gasteiger partial charge is 0.436 e. The SMILES string of the molecule is CCC(C)(C)c1ccc(Oc2nc3ccccc3nc2N2CCCC2)cc1. The summed E-state index contributed by atoms with van der Waals surface area (Å²) in [6.07, 6.45) is 3.48. The highest BCUT2D eigenvalue weighted by Gasteiger charge is 2.22. The van der Waals surface area contributed by atoms with E-state index in [1.54, 1.807) is 0 Å². The molecule has 4 heteroatoms. The lowest BCUT2D eigenvalue weighted by Gasteiger charge is -2.23. The molecule has 0 unspecified atom stereocenters. The maximum Gasteiger partial charge on any atom is 0.263 e. The number of hydrogen-bond donors (Lipinski definition) is 0. The first-order chi connectivity index (χ1) is 13.1. The van der Waals surface area contributed by atoms with Crippen molar-refractivity contribution in [3.63, 3.8) is 0 Å². The quantitative estimate of drug-likeness (QED) is 0.583. The monoisotopic (exact) mass is 361 g/mol. The number of fused-ring (bicyclic) bond motifs is 1. The summed E-state index contributed by atoms with van der Waals surface area (Å²) in [5.74, 6) is 2.25. The summed E-state index contributed by atoms with van der Waals surface area (Å²) in [5, 5.41) is 0. The zero-order valence-electron chi connectivity index (χ0n) is 16.4. The van der Waals surface area contributed by atoms with E-state index in [9.17, 15) is 0 Å². The van der Waals surface area contributed by atoms with E-state index in [1.165, 1.54) is 18.4 Å². The predicted molar refractivity (Wildman–Crippen MR) is 111 cm³/mol. The minimum Gasteiger partial charge on any atom is -0.436 e. The Bertz CT molecular complexity index is 928. The molecule has 2 heterocycles. The molecule has 3 aromatic rings. The maximum absolute atomic E-state index is 6.22. The molecule has 27 heavy (non-hydrogen) atoms. The van der Waals surface area contributed by atoms with Crippen molar-refractivity contribution in [1.82, 2.24) is 9.97 Å². The Morgan fingerprint density at radius 2 is 1.56 bits per heavy atom. The molecule has 4 rings (SSSR count). The van der Waals surface area contributed by atoms with Gasteiger partial charge in [-0.15, -0.1) is 0 Å². The highest BCUT2D eigenvalue weighted by molar-refractivity contribution is 5.77. The average molecular weight is 361 g/mol. The van der Waals surface area contributed by atoms with Crippen LogP contribution in [0.3, 0.4) is 0 Å². The molecule has 0 atom stereocenters. The number of rotatable bonds is 5. The normalized spacial score (nSPS) is 14.7. The molecule has 0 spiro atoms. The smallest absolute Gasteiger partial charge is 0.263 e. The third-order valence-electron chi connectivity index (χ3n) is 5.66. The Kier molecular flexibility index (Phi) is 4.73. The fraction of sp³-hybridized carbons (Fsp3) is 0.391. The Labute approximate surface area is 161 Å². The topological polar surface area (TPSA) is 38.3 Å². The van der Waals surface area contributed by atoms with Crippen LogP contribution in [-0.2, 0) is 5.41 Å². The summed E-state index contributed by atoms with van der Waals surface area (Å²) in [7, 11) is 0. The van der Waals surface area contributed by atoms with Gasteiger partial charge in [0.05, 0.1) is 11.0 Å². The molecule has 0 radical (unpaired) electrons. The van der Waals surface area contributed by atoms with Crippen LogP contribution in [0.5, 0.6) is 11.6 Å². The van der Waals surface area contributed by atoms with Gasteiger partial charge in [0.15, 0.2) is 5.82 Å². The van der Waals surface area contributed by atoms with Gasteiger partial charge in [-0.2, -0.15) is 0 Å².